The summed E-state index contributed by atoms with van der Waals surface area (Å²) in [5, 5.41) is 0. The van der Waals surface area contributed by atoms with Gasteiger partial charge < -0.3 is 10.3 Å². The van der Waals surface area contributed by atoms with Crippen LogP contribution in [0.4, 0.5) is 0 Å². The quantitative estimate of drug-likeness (QED) is 0.836. The van der Waals surface area contributed by atoms with E-state index in [0.29, 0.717) is 0 Å². The number of rotatable bonds is 2. The summed E-state index contributed by atoms with van der Waals surface area (Å²) in [6.07, 6.45) is 3.63. The molecule has 1 aromatic heterocycles. The van der Waals surface area contributed by atoms with E-state index in [1.165, 1.54) is 11.1 Å². The molecular formula is C13H17N3. The molecule has 0 unspecified atom stereocenters. The molecule has 1 atom stereocenters. The minimum atomic E-state index is -0.0108. The van der Waals surface area contributed by atoms with Crippen molar-refractivity contribution in [2.45, 2.75) is 26.8 Å². The van der Waals surface area contributed by atoms with Gasteiger partial charge in [0.1, 0.15) is 0 Å². The Morgan fingerprint density at radius 1 is 1.19 bits per heavy atom. The Balaban J connectivity index is 2.54. The van der Waals surface area contributed by atoms with Crippen molar-refractivity contribution in [3.8, 4) is 5.69 Å². The van der Waals surface area contributed by atoms with Gasteiger partial charge in [0.25, 0.3) is 0 Å². The fourth-order valence-electron chi connectivity index (χ4n) is 1.95. The topological polar surface area (TPSA) is 43.8 Å². The summed E-state index contributed by atoms with van der Waals surface area (Å²) >= 11 is 0. The molecule has 84 valence electrons. The van der Waals surface area contributed by atoms with Crippen molar-refractivity contribution in [3.05, 3.63) is 47.5 Å². The van der Waals surface area contributed by atoms with Crippen molar-refractivity contribution in [2.75, 3.05) is 0 Å². The van der Waals surface area contributed by atoms with Crippen LogP contribution < -0.4 is 5.73 Å². The lowest BCUT2D eigenvalue weighted by atomic mass is 10.1. The van der Waals surface area contributed by atoms with E-state index in [1.54, 1.807) is 0 Å². The van der Waals surface area contributed by atoms with E-state index in [-0.39, 0.29) is 6.04 Å². The van der Waals surface area contributed by atoms with Crippen LogP contribution in [0.25, 0.3) is 5.69 Å². The lowest BCUT2D eigenvalue weighted by Crippen LogP contribution is -2.10. The fourth-order valence-corrected chi connectivity index (χ4v) is 1.95. The normalized spacial score (nSPS) is 12.8. The Hall–Kier alpha value is -1.61. The van der Waals surface area contributed by atoms with Crippen molar-refractivity contribution in [2.24, 2.45) is 5.73 Å². The molecule has 3 heteroatoms. The largest absolute Gasteiger partial charge is 0.323 e. The SMILES string of the molecule is Cc1cc(C)cc(-n2cncc2[C@H](C)N)c1. The molecule has 3 nitrogen and oxygen atoms in total. The highest BCUT2D eigenvalue weighted by Gasteiger charge is 2.08. The molecule has 0 aliphatic carbocycles. The summed E-state index contributed by atoms with van der Waals surface area (Å²) in [4.78, 5) is 4.16. The summed E-state index contributed by atoms with van der Waals surface area (Å²) in [5.74, 6) is 0. The van der Waals surface area contributed by atoms with E-state index in [2.05, 4.69) is 37.0 Å². The van der Waals surface area contributed by atoms with Crippen LogP contribution in [0, 0.1) is 13.8 Å². The molecule has 0 radical (unpaired) electrons. The van der Waals surface area contributed by atoms with E-state index >= 15 is 0 Å². The monoisotopic (exact) mass is 215 g/mol. The maximum Gasteiger partial charge on any atom is 0.0994 e. The van der Waals surface area contributed by atoms with Gasteiger partial charge in [0.15, 0.2) is 0 Å². The molecule has 16 heavy (non-hydrogen) atoms. The van der Waals surface area contributed by atoms with Gasteiger partial charge in [-0.05, 0) is 44.0 Å². The molecule has 0 fully saturated rings. The molecular weight excluding hydrogens is 198 g/mol. The highest BCUT2D eigenvalue weighted by Crippen LogP contribution is 2.18. The maximum atomic E-state index is 5.91. The summed E-state index contributed by atoms with van der Waals surface area (Å²) in [6, 6.07) is 6.43. The summed E-state index contributed by atoms with van der Waals surface area (Å²) in [5.41, 5.74) is 10.6. The molecule has 0 aliphatic rings. The van der Waals surface area contributed by atoms with Gasteiger partial charge in [0, 0.05) is 11.7 Å². The molecule has 2 aromatic rings. The third-order valence-corrected chi connectivity index (χ3v) is 2.62. The van der Waals surface area contributed by atoms with Gasteiger partial charge in [-0.15, -0.1) is 0 Å². The van der Waals surface area contributed by atoms with E-state index in [4.69, 9.17) is 5.73 Å². The Labute approximate surface area is 95.9 Å². The Kier molecular flexibility index (Phi) is 2.79. The Morgan fingerprint density at radius 2 is 1.81 bits per heavy atom. The number of nitrogens with zero attached hydrogens (tertiary/aromatic N) is 2. The van der Waals surface area contributed by atoms with Crippen LogP contribution >= 0.6 is 0 Å². The second kappa shape index (κ2) is 4.10. The van der Waals surface area contributed by atoms with E-state index in [1.807, 2.05) is 24.0 Å². The third kappa shape index (κ3) is 1.99. The first kappa shape index (κ1) is 10.9. The van der Waals surface area contributed by atoms with Gasteiger partial charge in [-0.1, -0.05) is 6.07 Å². The number of aromatic nitrogens is 2. The number of nitrogens with two attached hydrogens (primary N) is 1. The van der Waals surface area contributed by atoms with Crippen LogP contribution in [0.3, 0.4) is 0 Å². The first-order chi connectivity index (χ1) is 7.58. The van der Waals surface area contributed by atoms with E-state index in [9.17, 15) is 0 Å². The van der Waals surface area contributed by atoms with Gasteiger partial charge in [-0.2, -0.15) is 0 Å². The predicted octanol–water partition coefficient (Wildman–Crippen LogP) is 2.51. The van der Waals surface area contributed by atoms with Crippen LogP contribution in [0.15, 0.2) is 30.7 Å². The lowest BCUT2D eigenvalue weighted by Gasteiger charge is -2.12. The molecule has 0 saturated carbocycles. The van der Waals surface area contributed by atoms with Gasteiger partial charge in [-0.3, -0.25) is 0 Å². The Bertz CT molecular complexity index is 477. The number of hydrogen-bond donors (Lipinski definition) is 1. The molecule has 0 aliphatic heterocycles. The smallest absolute Gasteiger partial charge is 0.0994 e. The van der Waals surface area contributed by atoms with Crippen LogP contribution in [-0.4, -0.2) is 9.55 Å². The average Bonchev–Trinajstić information content (AvgIpc) is 2.63. The Morgan fingerprint density at radius 3 is 2.38 bits per heavy atom. The van der Waals surface area contributed by atoms with Crippen LogP contribution in [0.5, 0.6) is 0 Å². The first-order valence-corrected chi connectivity index (χ1v) is 5.44. The molecule has 2 N–H and O–H groups in total. The van der Waals surface area contributed by atoms with Crippen LogP contribution in [0.1, 0.15) is 29.8 Å². The molecule has 2 rings (SSSR count). The van der Waals surface area contributed by atoms with Crippen molar-refractivity contribution in [1.29, 1.82) is 0 Å². The van der Waals surface area contributed by atoms with Gasteiger partial charge in [0.05, 0.1) is 18.2 Å². The molecule has 0 spiro atoms. The maximum absolute atomic E-state index is 5.91. The molecule has 1 aromatic carbocycles. The second-order valence-corrected chi connectivity index (χ2v) is 4.32. The minimum Gasteiger partial charge on any atom is -0.323 e. The summed E-state index contributed by atoms with van der Waals surface area (Å²) in [7, 11) is 0. The van der Waals surface area contributed by atoms with Crippen molar-refractivity contribution >= 4 is 0 Å². The molecule has 0 saturated heterocycles. The van der Waals surface area contributed by atoms with Crippen molar-refractivity contribution in [3.63, 3.8) is 0 Å². The zero-order valence-corrected chi connectivity index (χ0v) is 9.94. The fraction of sp³-hybridized carbons (Fsp3) is 0.308. The van der Waals surface area contributed by atoms with Gasteiger partial charge >= 0.3 is 0 Å². The van der Waals surface area contributed by atoms with Crippen molar-refractivity contribution < 1.29 is 0 Å². The number of benzene rings is 1. The van der Waals surface area contributed by atoms with E-state index < -0.39 is 0 Å². The summed E-state index contributed by atoms with van der Waals surface area (Å²) < 4.78 is 2.05. The molecule has 0 bridgehead atoms. The average molecular weight is 215 g/mol. The van der Waals surface area contributed by atoms with Crippen LogP contribution in [0.2, 0.25) is 0 Å². The third-order valence-electron chi connectivity index (χ3n) is 2.62. The number of hydrogen-bond acceptors (Lipinski definition) is 2. The minimum absolute atomic E-state index is 0.0108. The first-order valence-electron chi connectivity index (χ1n) is 5.44. The highest BCUT2D eigenvalue weighted by molar-refractivity contribution is 5.40. The van der Waals surface area contributed by atoms with Crippen LogP contribution in [-0.2, 0) is 0 Å². The predicted molar refractivity (Wildman–Crippen MR) is 65.6 cm³/mol. The van der Waals surface area contributed by atoms with Crippen molar-refractivity contribution in [1.82, 2.24) is 9.55 Å². The van der Waals surface area contributed by atoms with E-state index in [0.717, 1.165) is 11.4 Å². The second-order valence-electron chi connectivity index (χ2n) is 4.32. The highest BCUT2D eigenvalue weighted by atomic mass is 15.1. The van der Waals surface area contributed by atoms with Gasteiger partial charge in [-0.25, -0.2) is 4.98 Å². The zero-order chi connectivity index (χ0) is 11.7. The number of aryl methyl sites for hydroxylation is 2. The standard InChI is InChI=1S/C13H17N3/c1-9-4-10(2)6-12(5-9)16-8-15-7-13(16)11(3)14/h4-8,11H,14H2,1-3H3/t11-/m0/s1. The molecule has 1 heterocycles. The molecule has 0 amide bonds. The summed E-state index contributed by atoms with van der Waals surface area (Å²) in [6.45, 7) is 6.16. The van der Waals surface area contributed by atoms with Gasteiger partial charge in [0.2, 0.25) is 0 Å². The number of imidazole rings is 1. The lowest BCUT2D eigenvalue weighted by molar-refractivity contribution is 0.752. The zero-order valence-electron chi connectivity index (χ0n) is 9.94.